The molecule has 7 heteroatoms. The lowest BCUT2D eigenvalue weighted by atomic mass is 9.90. The van der Waals surface area contributed by atoms with Gasteiger partial charge in [-0.25, -0.2) is 5.10 Å². The smallest absolute Gasteiger partial charge is 0.277 e. The molecule has 0 spiro atoms. The van der Waals surface area contributed by atoms with E-state index in [0.717, 1.165) is 32.4 Å². The van der Waals surface area contributed by atoms with Crippen LogP contribution in [0.4, 0.5) is 5.88 Å². The first-order valence-corrected chi connectivity index (χ1v) is 11.0. The second-order valence-electron chi connectivity index (χ2n) is 8.67. The Hall–Kier alpha value is -2.93. The molecular weight excluding hydrogens is 392 g/mol. The van der Waals surface area contributed by atoms with Gasteiger partial charge in [0, 0.05) is 0 Å². The number of carbonyl (C=O) groups excluding carboxylic acids is 1. The van der Waals surface area contributed by atoms with Crippen LogP contribution in [0.5, 0.6) is 0 Å². The Morgan fingerprint density at radius 2 is 1.87 bits per heavy atom. The van der Waals surface area contributed by atoms with Gasteiger partial charge in [0.25, 0.3) is 5.56 Å². The molecule has 1 amide bonds. The molecule has 31 heavy (non-hydrogen) atoms. The van der Waals surface area contributed by atoms with Gasteiger partial charge in [-0.2, -0.15) is 5.10 Å². The number of benzene rings is 1. The summed E-state index contributed by atoms with van der Waals surface area (Å²) in [6.45, 7) is 7.80. The first-order chi connectivity index (χ1) is 14.9. The summed E-state index contributed by atoms with van der Waals surface area (Å²) in [7, 11) is 0. The van der Waals surface area contributed by atoms with Crippen LogP contribution in [0.15, 0.2) is 33.5 Å². The second-order valence-corrected chi connectivity index (χ2v) is 8.67. The molecule has 0 bridgehead atoms. The maximum absolute atomic E-state index is 12.6. The van der Waals surface area contributed by atoms with E-state index in [0.29, 0.717) is 34.7 Å². The predicted octanol–water partition coefficient (Wildman–Crippen LogP) is 3.72. The largest absolute Gasteiger partial charge is 0.444 e. The Labute approximate surface area is 181 Å². The summed E-state index contributed by atoms with van der Waals surface area (Å²) < 4.78 is 5.67. The van der Waals surface area contributed by atoms with Crippen LogP contribution >= 0.6 is 0 Å². The standard InChI is InChI=1S/C24H30N4O3/c1-15-4-6-18(7-5-15)8-9-19-10-12-28(13-11-19)14-20(29)25-24-22-21(17(3)31-24)16(2)26-27-23(22)30/h4-7,19H,8-14H2,1-3H3,(H,25,29)(H,27,30). The molecule has 0 radical (unpaired) electrons. The Morgan fingerprint density at radius 3 is 2.58 bits per heavy atom. The average Bonchev–Trinajstić information content (AvgIpc) is 3.08. The van der Waals surface area contributed by atoms with Crippen LogP contribution in [0, 0.1) is 26.7 Å². The van der Waals surface area contributed by atoms with Gasteiger partial charge in [-0.05, 0) is 71.0 Å². The highest BCUT2D eigenvalue weighted by molar-refractivity contribution is 6.01. The van der Waals surface area contributed by atoms with Crippen LogP contribution in [0.2, 0.25) is 0 Å². The minimum atomic E-state index is -0.359. The fourth-order valence-corrected chi connectivity index (χ4v) is 4.46. The molecular formula is C24H30N4O3. The number of aromatic amines is 1. The van der Waals surface area contributed by atoms with E-state index in [2.05, 4.69) is 51.6 Å². The topological polar surface area (TPSA) is 91.2 Å². The number of hydrogen-bond donors (Lipinski definition) is 2. The summed E-state index contributed by atoms with van der Waals surface area (Å²) in [5.41, 5.74) is 3.00. The minimum Gasteiger partial charge on any atom is -0.444 e. The number of furan rings is 1. The third-order valence-corrected chi connectivity index (χ3v) is 6.29. The number of anilines is 1. The molecule has 2 aromatic heterocycles. The van der Waals surface area contributed by atoms with Gasteiger partial charge in [-0.15, -0.1) is 0 Å². The predicted molar refractivity (Wildman–Crippen MR) is 121 cm³/mol. The van der Waals surface area contributed by atoms with Gasteiger partial charge in [0.2, 0.25) is 11.8 Å². The molecule has 1 aliphatic heterocycles. The Balaban J connectivity index is 1.29. The van der Waals surface area contributed by atoms with E-state index in [9.17, 15) is 9.59 Å². The fourth-order valence-electron chi connectivity index (χ4n) is 4.46. The number of rotatable bonds is 6. The quantitative estimate of drug-likeness (QED) is 0.632. The summed E-state index contributed by atoms with van der Waals surface area (Å²) >= 11 is 0. The van der Waals surface area contributed by atoms with Gasteiger partial charge in [-0.1, -0.05) is 29.8 Å². The minimum absolute atomic E-state index is 0.164. The first-order valence-electron chi connectivity index (χ1n) is 11.0. The van der Waals surface area contributed by atoms with E-state index in [1.807, 2.05) is 0 Å². The van der Waals surface area contributed by atoms with Crippen molar-refractivity contribution in [3.8, 4) is 0 Å². The van der Waals surface area contributed by atoms with E-state index in [-0.39, 0.29) is 17.4 Å². The Morgan fingerprint density at radius 1 is 1.16 bits per heavy atom. The lowest BCUT2D eigenvalue weighted by molar-refractivity contribution is -0.117. The van der Waals surface area contributed by atoms with Crippen molar-refractivity contribution in [3.63, 3.8) is 0 Å². The zero-order valence-corrected chi connectivity index (χ0v) is 18.5. The molecule has 0 unspecified atom stereocenters. The highest BCUT2D eigenvalue weighted by atomic mass is 16.4. The van der Waals surface area contributed by atoms with Crippen molar-refractivity contribution < 1.29 is 9.21 Å². The SMILES string of the molecule is Cc1ccc(CCC2CCN(CC(=O)Nc3oc(C)c4c(C)n[nH]c(=O)c34)CC2)cc1. The van der Waals surface area contributed by atoms with Gasteiger partial charge < -0.3 is 4.42 Å². The van der Waals surface area contributed by atoms with Crippen molar-refractivity contribution in [3.05, 3.63) is 57.2 Å². The molecule has 1 aromatic carbocycles. The molecule has 3 heterocycles. The summed E-state index contributed by atoms with van der Waals surface area (Å²) in [4.78, 5) is 27.0. The van der Waals surface area contributed by atoms with E-state index in [1.54, 1.807) is 13.8 Å². The maximum Gasteiger partial charge on any atom is 0.277 e. The first kappa shape index (κ1) is 21.3. The molecule has 164 valence electrons. The van der Waals surface area contributed by atoms with Gasteiger partial charge in [0.05, 0.1) is 17.6 Å². The van der Waals surface area contributed by atoms with E-state index < -0.39 is 0 Å². The van der Waals surface area contributed by atoms with E-state index in [1.165, 1.54) is 17.5 Å². The number of aryl methyl sites for hydroxylation is 4. The zero-order chi connectivity index (χ0) is 22.0. The molecule has 1 aliphatic rings. The number of nitrogens with one attached hydrogen (secondary N) is 2. The lowest BCUT2D eigenvalue weighted by Crippen LogP contribution is -2.39. The lowest BCUT2D eigenvalue weighted by Gasteiger charge is -2.31. The van der Waals surface area contributed by atoms with Gasteiger partial charge in [0.1, 0.15) is 11.1 Å². The third kappa shape index (κ3) is 4.88. The summed E-state index contributed by atoms with van der Waals surface area (Å²) in [5.74, 6) is 1.32. The third-order valence-electron chi connectivity index (χ3n) is 6.29. The highest BCUT2D eigenvalue weighted by Gasteiger charge is 2.23. The number of hydrogen-bond acceptors (Lipinski definition) is 5. The zero-order valence-electron chi connectivity index (χ0n) is 18.5. The van der Waals surface area contributed by atoms with Crippen molar-refractivity contribution in [2.75, 3.05) is 25.0 Å². The number of nitrogens with zero attached hydrogens (tertiary/aromatic N) is 2. The van der Waals surface area contributed by atoms with Crippen LogP contribution in [0.1, 0.15) is 41.8 Å². The van der Waals surface area contributed by atoms with Crippen LogP contribution in [0.3, 0.4) is 0 Å². The number of fused-ring (bicyclic) bond motifs is 1. The number of carbonyl (C=O) groups is 1. The molecule has 3 aromatic rings. The number of piperidine rings is 1. The summed E-state index contributed by atoms with van der Waals surface area (Å²) in [5, 5.41) is 10.2. The molecule has 4 rings (SSSR count). The molecule has 0 aliphatic carbocycles. The highest BCUT2D eigenvalue weighted by Crippen LogP contribution is 2.28. The van der Waals surface area contributed by atoms with Crippen LogP contribution < -0.4 is 10.9 Å². The van der Waals surface area contributed by atoms with Crippen LogP contribution in [-0.2, 0) is 11.2 Å². The molecule has 0 saturated carbocycles. The van der Waals surface area contributed by atoms with Crippen molar-refractivity contribution >= 4 is 22.6 Å². The normalized spacial score (nSPS) is 15.5. The fraction of sp³-hybridized carbons (Fsp3) is 0.458. The number of H-pyrrole nitrogens is 1. The van der Waals surface area contributed by atoms with Gasteiger partial charge in [0.15, 0.2) is 0 Å². The van der Waals surface area contributed by atoms with E-state index >= 15 is 0 Å². The average molecular weight is 423 g/mol. The van der Waals surface area contributed by atoms with Crippen molar-refractivity contribution in [2.24, 2.45) is 5.92 Å². The number of amides is 1. The molecule has 1 fully saturated rings. The van der Waals surface area contributed by atoms with Gasteiger partial charge in [-0.3, -0.25) is 19.8 Å². The molecule has 0 atom stereocenters. The van der Waals surface area contributed by atoms with Crippen molar-refractivity contribution in [1.82, 2.24) is 15.1 Å². The Bertz CT molecular complexity index is 1120. The van der Waals surface area contributed by atoms with Crippen LogP contribution in [-0.4, -0.2) is 40.6 Å². The molecule has 7 nitrogen and oxygen atoms in total. The van der Waals surface area contributed by atoms with Crippen molar-refractivity contribution in [1.29, 1.82) is 0 Å². The monoisotopic (exact) mass is 422 g/mol. The molecule has 2 N–H and O–H groups in total. The maximum atomic E-state index is 12.6. The van der Waals surface area contributed by atoms with Crippen molar-refractivity contribution in [2.45, 2.75) is 46.5 Å². The second kappa shape index (κ2) is 9.06. The van der Waals surface area contributed by atoms with E-state index in [4.69, 9.17) is 4.42 Å². The summed E-state index contributed by atoms with van der Waals surface area (Å²) in [6, 6.07) is 8.78. The number of likely N-dealkylation sites (tertiary alicyclic amines) is 1. The van der Waals surface area contributed by atoms with Gasteiger partial charge >= 0.3 is 0 Å². The number of aromatic nitrogens is 2. The Kier molecular flexibility index (Phi) is 6.23. The molecule has 1 saturated heterocycles. The summed E-state index contributed by atoms with van der Waals surface area (Å²) in [6.07, 6.45) is 4.51. The van der Waals surface area contributed by atoms with Crippen LogP contribution in [0.25, 0.3) is 10.8 Å².